The predicted molar refractivity (Wildman–Crippen MR) is 105 cm³/mol. The van der Waals surface area contributed by atoms with Crippen molar-refractivity contribution in [3.8, 4) is 0 Å². The number of aliphatic hydroxyl groups is 1. The van der Waals surface area contributed by atoms with Gasteiger partial charge in [0.05, 0.1) is 0 Å². The topological polar surface area (TPSA) is 77.0 Å². The monoisotopic (exact) mass is 389 g/mol. The van der Waals surface area contributed by atoms with E-state index >= 15 is 0 Å². The fourth-order valence-corrected chi connectivity index (χ4v) is 4.70. The molecule has 2 aromatic rings. The van der Waals surface area contributed by atoms with Gasteiger partial charge < -0.3 is 23.7 Å². The molecule has 0 aliphatic carbocycles. The van der Waals surface area contributed by atoms with E-state index in [2.05, 4.69) is 5.32 Å². The van der Waals surface area contributed by atoms with Crippen LogP contribution in [0.1, 0.15) is 17.5 Å². The summed E-state index contributed by atoms with van der Waals surface area (Å²) in [6, 6.07) is 18.4. The lowest BCUT2D eigenvalue weighted by Gasteiger charge is -2.28. The fourth-order valence-electron chi connectivity index (χ4n) is 2.98. The van der Waals surface area contributed by atoms with Crippen molar-refractivity contribution in [2.24, 2.45) is 0 Å². The van der Waals surface area contributed by atoms with E-state index in [-0.39, 0.29) is 0 Å². The molecule has 0 saturated heterocycles. The van der Waals surface area contributed by atoms with Crippen molar-refractivity contribution in [2.45, 2.75) is 18.1 Å². The Hall–Kier alpha value is -2.03. The first-order valence-corrected chi connectivity index (χ1v) is 10.7. The van der Waals surface area contributed by atoms with E-state index in [9.17, 15) is 9.90 Å². The number of amides is 1. The smallest absolute Gasteiger partial charge is 0.377 e. The zero-order valence-electron chi connectivity index (χ0n) is 16.0. The molecule has 0 atom stereocenters. The highest BCUT2D eigenvalue weighted by Gasteiger charge is 2.40. The van der Waals surface area contributed by atoms with Gasteiger partial charge in [-0.1, -0.05) is 60.7 Å². The molecule has 6 nitrogen and oxygen atoms in total. The third-order valence-electron chi connectivity index (χ3n) is 4.59. The second kappa shape index (κ2) is 9.77. The number of carbonyl (C=O) groups excluding carboxylic acids is 1. The lowest BCUT2D eigenvalue weighted by Crippen LogP contribution is -2.47. The third kappa shape index (κ3) is 4.82. The zero-order chi connectivity index (χ0) is 19.8. The van der Waals surface area contributed by atoms with Gasteiger partial charge in [-0.2, -0.15) is 0 Å². The number of rotatable bonds is 10. The van der Waals surface area contributed by atoms with Gasteiger partial charge in [-0.05, 0) is 17.5 Å². The molecule has 0 aromatic heterocycles. The van der Waals surface area contributed by atoms with E-state index in [0.29, 0.717) is 30.1 Å². The molecule has 2 aromatic carbocycles. The second-order valence-corrected chi connectivity index (χ2v) is 9.19. The van der Waals surface area contributed by atoms with E-state index < -0.39 is 20.3 Å². The summed E-state index contributed by atoms with van der Waals surface area (Å²) in [5, 5.41) is 14.2. The van der Waals surface area contributed by atoms with Gasteiger partial charge in [-0.3, -0.25) is 4.79 Å². The highest BCUT2D eigenvalue weighted by molar-refractivity contribution is 6.60. The van der Waals surface area contributed by atoms with Crippen LogP contribution in [0.25, 0.3) is 0 Å². The van der Waals surface area contributed by atoms with Crippen LogP contribution in [0.2, 0.25) is 6.04 Å². The molecule has 0 aliphatic rings. The molecule has 0 unspecified atom stereocenters. The van der Waals surface area contributed by atoms with Crippen molar-refractivity contribution in [3.63, 3.8) is 0 Å². The van der Waals surface area contributed by atoms with Crippen LogP contribution in [0.3, 0.4) is 0 Å². The van der Waals surface area contributed by atoms with Gasteiger partial charge in [-0.25, -0.2) is 0 Å². The fraction of sp³-hybridized carbons (Fsp3) is 0.350. The molecule has 27 heavy (non-hydrogen) atoms. The molecule has 0 heterocycles. The molecule has 0 aliphatic heterocycles. The molecule has 146 valence electrons. The Bertz CT molecular complexity index is 659. The quantitative estimate of drug-likeness (QED) is 0.482. The standard InChI is InChI=1S/C20H27NO5Si/c1-24-27(25-2,26-3)16-10-15-21-19(22)20(23,17-11-6-4-7-12-17)18-13-8-5-9-14-18/h4-9,11-14,23H,10,15-16H2,1-3H3,(H,21,22). The molecule has 0 bridgehead atoms. The van der Waals surface area contributed by atoms with Crippen LogP contribution in [0.4, 0.5) is 0 Å². The van der Waals surface area contributed by atoms with Gasteiger partial charge in [0.2, 0.25) is 0 Å². The minimum atomic E-state index is -2.68. The maximum atomic E-state index is 13.0. The van der Waals surface area contributed by atoms with Crippen LogP contribution in [0, 0.1) is 0 Å². The summed E-state index contributed by atoms with van der Waals surface area (Å²) in [6.45, 7) is 0.367. The first-order chi connectivity index (χ1) is 13.0. The van der Waals surface area contributed by atoms with E-state index in [1.807, 2.05) is 12.1 Å². The molecule has 7 heteroatoms. The lowest BCUT2D eigenvalue weighted by atomic mass is 9.85. The van der Waals surface area contributed by atoms with E-state index in [1.54, 1.807) is 69.9 Å². The Morgan fingerprint density at radius 2 is 1.37 bits per heavy atom. The summed E-state index contributed by atoms with van der Waals surface area (Å²) in [4.78, 5) is 13.0. The summed E-state index contributed by atoms with van der Waals surface area (Å²) in [7, 11) is 1.99. The Morgan fingerprint density at radius 1 is 0.926 bits per heavy atom. The second-order valence-electron chi connectivity index (χ2n) is 6.10. The first-order valence-electron chi connectivity index (χ1n) is 8.79. The van der Waals surface area contributed by atoms with Gasteiger partial charge in [0.1, 0.15) is 0 Å². The largest absolute Gasteiger partial charge is 0.500 e. The van der Waals surface area contributed by atoms with Crippen molar-refractivity contribution in [2.75, 3.05) is 27.9 Å². The van der Waals surface area contributed by atoms with Crippen LogP contribution in [-0.4, -0.2) is 47.7 Å². The van der Waals surface area contributed by atoms with Crippen LogP contribution in [0.15, 0.2) is 60.7 Å². The van der Waals surface area contributed by atoms with Crippen LogP contribution in [-0.2, 0) is 23.7 Å². The Kier molecular flexibility index (Phi) is 7.70. The number of hydrogen-bond donors (Lipinski definition) is 2. The van der Waals surface area contributed by atoms with Gasteiger partial charge >= 0.3 is 8.80 Å². The normalized spacial score (nSPS) is 12.0. The Balaban J connectivity index is 2.12. The van der Waals surface area contributed by atoms with Crippen LogP contribution < -0.4 is 5.32 Å². The van der Waals surface area contributed by atoms with E-state index in [4.69, 9.17) is 13.3 Å². The molecule has 0 saturated carbocycles. The molecule has 1 amide bonds. The van der Waals surface area contributed by atoms with Crippen molar-refractivity contribution >= 4 is 14.7 Å². The Morgan fingerprint density at radius 3 is 1.78 bits per heavy atom. The SMILES string of the molecule is CO[Si](CCCNC(=O)C(O)(c1ccccc1)c1ccccc1)(OC)OC. The molecular weight excluding hydrogens is 362 g/mol. The average molecular weight is 390 g/mol. The summed E-state index contributed by atoms with van der Waals surface area (Å²) in [5.74, 6) is -0.473. The van der Waals surface area contributed by atoms with Crippen molar-refractivity contribution in [1.29, 1.82) is 0 Å². The third-order valence-corrected chi connectivity index (χ3v) is 7.42. The predicted octanol–water partition coefficient (Wildman–Crippen LogP) is 2.31. The minimum absolute atomic E-state index is 0.367. The van der Waals surface area contributed by atoms with Gasteiger partial charge in [-0.15, -0.1) is 0 Å². The first kappa shape index (κ1) is 21.3. The van der Waals surface area contributed by atoms with Gasteiger partial charge in [0.25, 0.3) is 5.91 Å². The molecule has 0 fully saturated rings. The zero-order valence-corrected chi connectivity index (χ0v) is 17.0. The van der Waals surface area contributed by atoms with Gasteiger partial charge in [0.15, 0.2) is 5.60 Å². The van der Waals surface area contributed by atoms with E-state index in [1.165, 1.54) is 0 Å². The highest BCUT2D eigenvalue weighted by Crippen LogP contribution is 2.29. The maximum Gasteiger partial charge on any atom is 0.500 e. The van der Waals surface area contributed by atoms with Crippen molar-refractivity contribution in [3.05, 3.63) is 71.8 Å². The minimum Gasteiger partial charge on any atom is -0.377 e. The summed E-state index contributed by atoms with van der Waals surface area (Å²) in [5.41, 5.74) is -0.730. The maximum absolute atomic E-state index is 13.0. The van der Waals surface area contributed by atoms with Crippen molar-refractivity contribution < 1.29 is 23.2 Å². The highest BCUT2D eigenvalue weighted by atomic mass is 28.4. The molecule has 2 N–H and O–H groups in total. The Labute approximate surface area is 161 Å². The summed E-state index contributed by atoms with van der Waals surface area (Å²) in [6.07, 6.45) is 0.604. The summed E-state index contributed by atoms with van der Waals surface area (Å²) >= 11 is 0. The summed E-state index contributed by atoms with van der Waals surface area (Å²) < 4.78 is 16.1. The number of carbonyl (C=O) groups is 1. The molecule has 0 radical (unpaired) electrons. The molecular formula is C20H27NO5Si. The van der Waals surface area contributed by atoms with Gasteiger partial charge in [0, 0.05) is 33.9 Å². The lowest BCUT2D eigenvalue weighted by molar-refractivity contribution is -0.136. The number of hydrogen-bond acceptors (Lipinski definition) is 5. The van der Waals surface area contributed by atoms with Crippen LogP contribution >= 0.6 is 0 Å². The number of benzene rings is 2. The molecule has 2 rings (SSSR count). The van der Waals surface area contributed by atoms with Crippen LogP contribution in [0.5, 0.6) is 0 Å². The number of nitrogens with one attached hydrogen (secondary N) is 1. The van der Waals surface area contributed by atoms with Crippen molar-refractivity contribution in [1.82, 2.24) is 5.32 Å². The molecule has 0 spiro atoms. The average Bonchev–Trinajstić information content (AvgIpc) is 2.75. The van der Waals surface area contributed by atoms with E-state index in [0.717, 1.165) is 0 Å².